The monoisotopic (exact) mass is 466 g/mol. The number of benzene rings is 2. The molecule has 2 aromatic carbocycles. The lowest BCUT2D eigenvalue weighted by Crippen LogP contribution is -2.48. The maximum absolute atomic E-state index is 12.5. The van der Waals surface area contributed by atoms with Crippen LogP contribution in [0.25, 0.3) is 0 Å². The van der Waals surface area contributed by atoms with Crippen LogP contribution < -0.4 is 15.5 Å². The summed E-state index contributed by atoms with van der Waals surface area (Å²) in [4.78, 5) is 35.6. The Labute approximate surface area is 188 Å². The first-order valence-electron chi connectivity index (χ1n) is 9.05. The first-order valence-corrected chi connectivity index (χ1v) is 9.81. The van der Waals surface area contributed by atoms with Gasteiger partial charge in [-0.05, 0) is 36.2 Å². The number of nitrogens with one attached hydrogen (secondary N) is 2. The number of hydrogen-bond acceptors (Lipinski definition) is 6. The topological polar surface area (TPSA) is 123 Å². The van der Waals surface area contributed by atoms with Gasteiger partial charge in [0.05, 0.1) is 28.8 Å². The molecule has 0 spiro atoms. The average Bonchev–Trinajstić information content (AvgIpc) is 2.71. The molecule has 0 fully saturated rings. The van der Waals surface area contributed by atoms with Crippen molar-refractivity contribution in [3.05, 3.63) is 67.7 Å². The number of ether oxygens (including phenoxy) is 1. The molecule has 0 saturated heterocycles. The van der Waals surface area contributed by atoms with Crippen molar-refractivity contribution in [1.82, 2.24) is 10.7 Å². The molecule has 9 nitrogen and oxygen atoms in total. The van der Waals surface area contributed by atoms with Gasteiger partial charge in [0.1, 0.15) is 6.04 Å². The molecule has 2 N–H and O–H groups in total. The number of rotatable bonds is 8. The molecule has 0 aliphatic rings. The molecule has 2 amide bonds. The second-order valence-electron chi connectivity index (χ2n) is 6.74. The number of hydrogen-bond donors (Lipinski definition) is 2. The lowest BCUT2D eigenvalue weighted by molar-refractivity contribution is -0.385. The number of halogens is 2. The second kappa shape index (κ2) is 10.7. The first-order chi connectivity index (χ1) is 14.6. The Morgan fingerprint density at radius 2 is 1.90 bits per heavy atom. The number of hydrazone groups is 1. The maximum atomic E-state index is 12.5. The third-order valence-corrected chi connectivity index (χ3v) is 4.75. The van der Waals surface area contributed by atoms with E-state index >= 15 is 0 Å². The minimum atomic E-state index is -0.901. The van der Waals surface area contributed by atoms with Gasteiger partial charge in [0, 0.05) is 16.7 Å². The smallest absolute Gasteiger partial charge is 0.311 e. The highest BCUT2D eigenvalue weighted by Crippen LogP contribution is 2.26. The van der Waals surface area contributed by atoms with Crippen molar-refractivity contribution < 1.29 is 19.2 Å². The Kier molecular flexibility index (Phi) is 8.35. The standard InChI is InChI=1S/C20H20Cl2N4O5/c1-11(2)18(24-19(27)14-6-5-13(21)9-15(14)22)20(28)25-23-10-12-4-7-17(31-3)16(8-12)26(29)30/h4-11,18H,1-3H3,(H,24,27)(H,25,28). The summed E-state index contributed by atoms with van der Waals surface area (Å²) >= 11 is 11.9. The number of nitro groups is 1. The van der Waals surface area contributed by atoms with Crippen molar-refractivity contribution in [3.8, 4) is 5.75 Å². The summed E-state index contributed by atoms with van der Waals surface area (Å²) in [5.74, 6) is -1.25. The quantitative estimate of drug-likeness (QED) is 0.347. The van der Waals surface area contributed by atoms with Gasteiger partial charge in [0.2, 0.25) is 0 Å². The zero-order valence-corrected chi connectivity index (χ0v) is 18.4. The van der Waals surface area contributed by atoms with Gasteiger partial charge in [0.15, 0.2) is 5.75 Å². The van der Waals surface area contributed by atoms with Crippen LogP contribution in [0.5, 0.6) is 5.75 Å². The lowest BCUT2D eigenvalue weighted by Gasteiger charge is -2.20. The second-order valence-corrected chi connectivity index (χ2v) is 7.59. The van der Waals surface area contributed by atoms with Gasteiger partial charge in [-0.3, -0.25) is 19.7 Å². The first kappa shape index (κ1) is 24.1. The Morgan fingerprint density at radius 3 is 2.48 bits per heavy atom. The molecule has 1 atom stereocenters. The molecule has 2 rings (SSSR count). The molecule has 11 heteroatoms. The Hall–Kier alpha value is -3.17. The molecule has 0 aromatic heterocycles. The van der Waals surface area contributed by atoms with Gasteiger partial charge in [-0.25, -0.2) is 5.43 Å². The van der Waals surface area contributed by atoms with E-state index in [1.54, 1.807) is 19.9 Å². The van der Waals surface area contributed by atoms with Crippen molar-refractivity contribution in [3.63, 3.8) is 0 Å². The molecule has 31 heavy (non-hydrogen) atoms. The van der Waals surface area contributed by atoms with E-state index in [1.807, 2.05) is 0 Å². The van der Waals surface area contributed by atoms with Crippen molar-refractivity contribution in [2.45, 2.75) is 19.9 Å². The molecular formula is C20H20Cl2N4O5. The summed E-state index contributed by atoms with van der Waals surface area (Å²) in [6, 6.07) is 7.75. The lowest BCUT2D eigenvalue weighted by atomic mass is 10.0. The van der Waals surface area contributed by atoms with E-state index in [0.29, 0.717) is 10.6 Å². The molecule has 2 aromatic rings. The zero-order valence-electron chi connectivity index (χ0n) is 16.9. The predicted octanol–water partition coefficient (Wildman–Crippen LogP) is 3.81. The van der Waals surface area contributed by atoms with Crippen molar-refractivity contribution in [2.24, 2.45) is 11.0 Å². The minimum absolute atomic E-state index is 0.106. The fourth-order valence-electron chi connectivity index (χ4n) is 2.60. The van der Waals surface area contributed by atoms with Crippen LogP contribution in [0.15, 0.2) is 41.5 Å². The summed E-state index contributed by atoms with van der Waals surface area (Å²) in [7, 11) is 1.33. The highest BCUT2D eigenvalue weighted by molar-refractivity contribution is 6.36. The highest BCUT2D eigenvalue weighted by atomic mass is 35.5. The minimum Gasteiger partial charge on any atom is -0.490 e. The number of carbonyl (C=O) groups excluding carboxylic acids is 2. The van der Waals surface area contributed by atoms with Crippen LogP contribution in [0.1, 0.15) is 29.8 Å². The number of nitrogens with zero attached hydrogens (tertiary/aromatic N) is 2. The fourth-order valence-corrected chi connectivity index (χ4v) is 3.09. The summed E-state index contributed by atoms with van der Waals surface area (Å²) in [5.41, 5.74) is 2.66. The van der Waals surface area contributed by atoms with Crippen LogP contribution in [0, 0.1) is 16.0 Å². The number of amides is 2. The van der Waals surface area contributed by atoms with E-state index in [1.165, 1.54) is 43.7 Å². The molecule has 0 heterocycles. The van der Waals surface area contributed by atoms with Crippen LogP contribution in [-0.2, 0) is 4.79 Å². The van der Waals surface area contributed by atoms with E-state index in [2.05, 4.69) is 15.8 Å². The molecule has 1 unspecified atom stereocenters. The molecule has 0 aliphatic heterocycles. The van der Waals surface area contributed by atoms with Crippen LogP contribution in [0.2, 0.25) is 10.0 Å². The molecule has 0 saturated carbocycles. The van der Waals surface area contributed by atoms with Crippen molar-refractivity contribution in [1.29, 1.82) is 0 Å². The normalized spacial score (nSPS) is 11.9. The maximum Gasteiger partial charge on any atom is 0.311 e. The van der Waals surface area contributed by atoms with Crippen LogP contribution in [0.3, 0.4) is 0 Å². The van der Waals surface area contributed by atoms with E-state index in [4.69, 9.17) is 27.9 Å². The summed E-state index contributed by atoms with van der Waals surface area (Å²) < 4.78 is 4.94. The summed E-state index contributed by atoms with van der Waals surface area (Å²) in [6.45, 7) is 3.51. The van der Waals surface area contributed by atoms with Crippen LogP contribution >= 0.6 is 23.2 Å². The fraction of sp³-hybridized carbons (Fsp3) is 0.250. The predicted molar refractivity (Wildman–Crippen MR) is 118 cm³/mol. The SMILES string of the molecule is COc1ccc(C=NNC(=O)C(NC(=O)c2ccc(Cl)cc2Cl)C(C)C)cc1[N+](=O)[O-]. The Bertz CT molecular complexity index is 1030. The van der Waals surface area contributed by atoms with Gasteiger partial charge in [0.25, 0.3) is 11.8 Å². The highest BCUT2D eigenvalue weighted by Gasteiger charge is 2.25. The molecule has 0 bridgehead atoms. The summed E-state index contributed by atoms with van der Waals surface area (Å²) in [6.07, 6.45) is 1.25. The van der Waals surface area contributed by atoms with Crippen molar-refractivity contribution >= 4 is 46.9 Å². The van der Waals surface area contributed by atoms with Crippen LogP contribution in [0.4, 0.5) is 5.69 Å². The van der Waals surface area contributed by atoms with Gasteiger partial charge < -0.3 is 10.1 Å². The Balaban J connectivity index is 2.10. The van der Waals surface area contributed by atoms with Gasteiger partial charge in [-0.15, -0.1) is 0 Å². The van der Waals surface area contributed by atoms with Crippen molar-refractivity contribution in [2.75, 3.05) is 7.11 Å². The molecular weight excluding hydrogens is 447 g/mol. The number of methoxy groups -OCH3 is 1. The third-order valence-electron chi connectivity index (χ3n) is 4.20. The van der Waals surface area contributed by atoms with E-state index in [-0.39, 0.29) is 27.9 Å². The van der Waals surface area contributed by atoms with E-state index in [9.17, 15) is 19.7 Å². The number of carbonyl (C=O) groups is 2. The largest absolute Gasteiger partial charge is 0.490 e. The Morgan fingerprint density at radius 1 is 1.19 bits per heavy atom. The van der Waals surface area contributed by atoms with Gasteiger partial charge in [-0.2, -0.15) is 5.10 Å². The van der Waals surface area contributed by atoms with E-state index < -0.39 is 22.8 Å². The third kappa shape index (κ3) is 6.40. The van der Waals surface area contributed by atoms with Gasteiger partial charge in [-0.1, -0.05) is 37.0 Å². The molecule has 164 valence electrons. The van der Waals surface area contributed by atoms with Crippen LogP contribution in [-0.4, -0.2) is 36.1 Å². The summed E-state index contributed by atoms with van der Waals surface area (Å²) in [5, 5.41) is 18.1. The number of nitro benzene ring substituents is 1. The average molecular weight is 467 g/mol. The molecule has 0 aliphatic carbocycles. The van der Waals surface area contributed by atoms with Gasteiger partial charge >= 0.3 is 5.69 Å². The molecule has 0 radical (unpaired) electrons. The zero-order chi connectivity index (χ0) is 23.1. The van der Waals surface area contributed by atoms with E-state index in [0.717, 1.165) is 0 Å².